The molecule has 1 aliphatic heterocycles. The highest BCUT2D eigenvalue weighted by Crippen LogP contribution is 2.18. The van der Waals surface area contributed by atoms with Crippen molar-refractivity contribution in [2.24, 2.45) is 5.92 Å². The molecule has 0 aliphatic carbocycles. The molecule has 0 bridgehead atoms. The number of hydrogen-bond acceptors (Lipinski definition) is 3. The maximum absolute atomic E-state index is 11.8. The Balaban J connectivity index is 2.76. The number of carbonyl (C=O) groups is 1. The van der Waals surface area contributed by atoms with Crippen LogP contribution in [0.5, 0.6) is 0 Å². The van der Waals surface area contributed by atoms with E-state index >= 15 is 0 Å². The summed E-state index contributed by atoms with van der Waals surface area (Å²) in [4.78, 5) is 14.2. The van der Waals surface area contributed by atoms with Crippen molar-refractivity contribution in [3.8, 4) is 0 Å². The zero-order valence-electron chi connectivity index (χ0n) is 10.9. The Hall–Kier alpha value is -0.610. The molecule has 0 aromatic rings. The highest BCUT2D eigenvalue weighted by atomic mass is 16.2. The van der Waals surface area contributed by atoms with Crippen LogP contribution in [0.3, 0.4) is 0 Å². The van der Waals surface area contributed by atoms with Crippen LogP contribution in [-0.2, 0) is 4.79 Å². The van der Waals surface area contributed by atoms with E-state index in [-0.39, 0.29) is 11.9 Å². The van der Waals surface area contributed by atoms with Crippen molar-refractivity contribution >= 4 is 5.91 Å². The summed E-state index contributed by atoms with van der Waals surface area (Å²) in [6, 6.07) is 0.496. The molecule has 16 heavy (non-hydrogen) atoms. The molecule has 2 unspecified atom stereocenters. The van der Waals surface area contributed by atoms with Crippen LogP contribution in [-0.4, -0.2) is 49.6 Å². The number of nitrogens with one attached hydrogen (secondary N) is 2. The first-order valence-corrected chi connectivity index (χ1v) is 6.29. The van der Waals surface area contributed by atoms with E-state index in [1.54, 1.807) is 7.05 Å². The van der Waals surface area contributed by atoms with Gasteiger partial charge in [-0.1, -0.05) is 20.8 Å². The third-order valence-electron chi connectivity index (χ3n) is 3.45. The van der Waals surface area contributed by atoms with Crippen LogP contribution >= 0.6 is 0 Å². The topological polar surface area (TPSA) is 44.4 Å². The Morgan fingerprint density at radius 3 is 2.75 bits per heavy atom. The Kier molecular flexibility index (Phi) is 5.22. The lowest BCUT2D eigenvalue weighted by atomic mass is 9.96. The fourth-order valence-corrected chi connectivity index (χ4v) is 2.62. The number of likely N-dealkylation sites (N-methyl/N-ethyl adjacent to an activating group) is 1. The van der Waals surface area contributed by atoms with Gasteiger partial charge in [0.25, 0.3) is 0 Å². The predicted octanol–water partition coefficient (Wildman–Crippen LogP) is 0.441. The predicted molar refractivity (Wildman–Crippen MR) is 66.3 cm³/mol. The molecule has 1 saturated heterocycles. The second-order valence-corrected chi connectivity index (χ2v) is 4.79. The summed E-state index contributed by atoms with van der Waals surface area (Å²) in [6.07, 6.45) is 1.10. The van der Waals surface area contributed by atoms with Crippen LogP contribution in [0, 0.1) is 5.92 Å². The van der Waals surface area contributed by atoms with Gasteiger partial charge in [-0.3, -0.25) is 9.69 Å². The lowest BCUT2D eigenvalue weighted by molar-refractivity contribution is -0.128. The standard InChI is InChI=1S/C12H25N3O/c1-5-10(9(2)3)15-7-6-14-8-11(15)12(16)13-4/h9-11,14H,5-8H2,1-4H3,(H,13,16). The van der Waals surface area contributed by atoms with Gasteiger partial charge in [0, 0.05) is 32.7 Å². The maximum atomic E-state index is 11.8. The van der Waals surface area contributed by atoms with E-state index in [9.17, 15) is 4.79 Å². The highest BCUT2D eigenvalue weighted by Gasteiger charge is 2.33. The Morgan fingerprint density at radius 1 is 1.56 bits per heavy atom. The first-order chi connectivity index (χ1) is 7.61. The summed E-state index contributed by atoms with van der Waals surface area (Å²) in [5.74, 6) is 0.724. The van der Waals surface area contributed by atoms with E-state index in [2.05, 4.69) is 36.3 Å². The quantitative estimate of drug-likeness (QED) is 0.732. The molecule has 1 amide bonds. The molecule has 0 aromatic heterocycles. The molecule has 1 aliphatic rings. The Labute approximate surface area is 98.8 Å². The van der Waals surface area contributed by atoms with Crippen LogP contribution in [0.1, 0.15) is 27.2 Å². The van der Waals surface area contributed by atoms with Crippen LogP contribution in [0.15, 0.2) is 0 Å². The van der Waals surface area contributed by atoms with Crippen molar-refractivity contribution in [3.63, 3.8) is 0 Å². The van der Waals surface area contributed by atoms with Crippen molar-refractivity contribution in [3.05, 3.63) is 0 Å². The normalized spacial score (nSPS) is 24.4. The number of hydrogen-bond donors (Lipinski definition) is 2. The van der Waals surface area contributed by atoms with Crippen molar-refractivity contribution in [1.82, 2.24) is 15.5 Å². The molecule has 2 atom stereocenters. The number of carbonyl (C=O) groups excluding carboxylic acids is 1. The van der Waals surface area contributed by atoms with Gasteiger partial charge < -0.3 is 10.6 Å². The molecule has 1 fully saturated rings. The first kappa shape index (κ1) is 13.5. The molecule has 4 heteroatoms. The van der Waals surface area contributed by atoms with Gasteiger partial charge in [-0.2, -0.15) is 0 Å². The van der Waals surface area contributed by atoms with E-state index in [1.807, 2.05) is 0 Å². The molecule has 1 rings (SSSR count). The Morgan fingerprint density at radius 2 is 2.25 bits per heavy atom. The van der Waals surface area contributed by atoms with E-state index < -0.39 is 0 Å². The van der Waals surface area contributed by atoms with Gasteiger partial charge in [-0.15, -0.1) is 0 Å². The number of nitrogens with zero attached hydrogens (tertiary/aromatic N) is 1. The highest BCUT2D eigenvalue weighted by molar-refractivity contribution is 5.81. The number of rotatable bonds is 4. The van der Waals surface area contributed by atoms with E-state index in [0.717, 1.165) is 26.1 Å². The SMILES string of the molecule is CCC(C(C)C)N1CCNCC1C(=O)NC. The zero-order chi connectivity index (χ0) is 12.1. The molecule has 94 valence electrons. The van der Waals surface area contributed by atoms with Gasteiger partial charge in [-0.05, 0) is 12.3 Å². The van der Waals surface area contributed by atoms with Crippen molar-refractivity contribution < 1.29 is 4.79 Å². The third kappa shape index (κ3) is 2.95. The zero-order valence-corrected chi connectivity index (χ0v) is 10.9. The minimum atomic E-state index is -0.00824. The summed E-state index contributed by atoms with van der Waals surface area (Å²) in [5.41, 5.74) is 0. The smallest absolute Gasteiger partial charge is 0.238 e. The van der Waals surface area contributed by atoms with E-state index in [1.165, 1.54) is 0 Å². The number of amides is 1. The maximum Gasteiger partial charge on any atom is 0.238 e. The van der Waals surface area contributed by atoms with E-state index in [4.69, 9.17) is 0 Å². The monoisotopic (exact) mass is 227 g/mol. The van der Waals surface area contributed by atoms with Gasteiger partial charge in [0.1, 0.15) is 6.04 Å². The van der Waals surface area contributed by atoms with Crippen LogP contribution in [0.2, 0.25) is 0 Å². The van der Waals surface area contributed by atoms with Crippen LogP contribution < -0.4 is 10.6 Å². The minimum absolute atomic E-state index is 0.00824. The van der Waals surface area contributed by atoms with Gasteiger partial charge in [0.05, 0.1) is 0 Å². The van der Waals surface area contributed by atoms with Crippen LogP contribution in [0.25, 0.3) is 0 Å². The molecular weight excluding hydrogens is 202 g/mol. The third-order valence-corrected chi connectivity index (χ3v) is 3.45. The lowest BCUT2D eigenvalue weighted by Gasteiger charge is -2.42. The number of piperazine rings is 1. The second kappa shape index (κ2) is 6.21. The fraction of sp³-hybridized carbons (Fsp3) is 0.917. The van der Waals surface area contributed by atoms with Gasteiger partial charge >= 0.3 is 0 Å². The van der Waals surface area contributed by atoms with Crippen molar-refractivity contribution in [1.29, 1.82) is 0 Å². The lowest BCUT2D eigenvalue weighted by Crippen LogP contribution is -2.61. The second-order valence-electron chi connectivity index (χ2n) is 4.79. The summed E-state index contributed by atoms with van der Waals surface area (Å²) >= 11 is 0. The Bertz CT molecular complexity index is 230. The molecule has 2 N–H and O–H groups in total. The fourth-order valence-electron chi connectivity index (χ4n) is 2.62. The van der Waals surface area contributed by atoms with Crippen LogP contribution in [0.4, 0.5) is 0 Å². The first-order valence-electron chi connectivity index (χ1n) is 6.29. The van der Waals surface area contributed by atoms with Gasteiger partial charge in [0.2, 0.25) is 5.91 Å². The molecule has 0 saturated carbocycles. The van der Waals surface area contributed by atoms with Crippen molar-refractivity contribution in [2.45, 2.75) is 39.3 Å². The average molecular weight is 227 g/mol. The largest absolute Gasteiger partial charge is 0.358 e. The molecule has 0 spiro atoms. The summed E-state index contributed by atoms with van der Waals surface area (Å²) in [6.45, 7) is 9.39. The molecule has 0 radical (unpaired) electrons. The van der Waals surface area contributed by atoms with Crippen molar-refractivity contribution in [2.75, 3.05) is 26.7 Å². The molecular formula is C12H25N3O. The van der Waals surface area contributed by atoms with E-state index in [0.29, 0.717) is 12.0 Å². The molecule has 0 aromatic carbocycles. The van der Waals surface area contributed by atoms with Gasteiger partial charge in [-0.25, -0.2) is 0 Å². The molecule has 1 heterocycles. The summed E-state index contributed by atoms with van der Waals surface area (Å²) in [5, 5.41) is 6.06. The van der Waals surface area contributed by atoms with Gasteiger partial charge in [0.15, 0.2) is 0 Å². The average Bonchev–Trinajstić information content (AvgIpc) is 2.29. The summed E-state index contributed by atoms with van der Waals surface area (Å²) < 4.78 is 0. The molecule has 4 nitrogen and oxygen atoms in total. The minimum Gasteiger partial charge on any atom is -0.358 e. The summed E-state index contributed by atoms with van der Waals surface area (Å²) in [7, 11) is 1.71.